The minimum absolute atomic E-state index is 0.395. The number of aromatic nitrogens is 1. The molecule has 0 aromatic carbocycles. The summed E-state index contributed by atoms with van der Waals surface area (Å²) in [5.74, 6) is 0. The van der Waals surface area contributed by atoms with Gasteiger partial charge in [-0.05, 0) is 25.3 Å². The molecule has 0 bridgehead atoms. The van der Waals surface area contributed by atoms with Gasteiger partial charge in [0.1, 0.15) is 4.90 Å². The minimum atomic E-state index is -3.35. The molecule has 0 saturated heterocycles. The van der Waals surface area contributed by atoms with Gasteiger partial charge in [0.05, 0.1) is 0 Å². The lowest BCUT2D eigenvalue weighted by Gasteiger charge is -2.15. The molecule has 1 aliphatic carbocycles. The summed E-state index contributed by atoms with van der Waals surface area (Å²) in [5, 5.41) is 3.41. The second-order valence-corrected chi connectivity index (χ2v) is 7.66. The third-order valence-corrected chi connectivity index (χ3v) is 5.59. The molecule has 0 radical (unpaired) electrons. The highest BCUT2D eigenvalue weighted by Crippen LogP contribution is 2.21. The highest BCUT2D eigenvalue weighted by molar-refractivity contribution is 7.89. The second-order valence-electron chi connectivity index (χ2n) is 5.61. The lowest BCUT2D eigenvalue weighted by atomic mass is 10.3. The second kappa shape index (κ2) is 6.28. The van der Waals surface area contributed by atoms with E-state index < -0.39 is 10.0 Å². The lowest BCUT2D eigenvalue weighted by Crippen LogP contribution is -2.27. The highest BCUT2D eigenvalue weighted by Gasteiger charge is 2.24. The zero-order valence-electron chi connectivity index (χ0n) is 12.6. The third kappa shape index (κ3) is 3.62. The summed E-state index contributed by atoms with van der Waals surface area (Å²) in [6.07, 6.45) is 6.05. The van der Waals surface area contributed by atoms with Gasteiger partial charge >= 0.3 is 0 Å². The molecule has 0 aliphatic heterocycles. The van der Waals surface area contributed by atoms with Crippen molar-refractivity contribution in [1.29, 1.82) is 0 Å². The van der Waals surface area contributed by atoms with Crippen molar-refractivity contribution in [3.05, 3.63) is 18.0 Å². The first-order valence-corrected chi connectivity index (χ1v) is 8.74. The van der Waals surface area contributed by atoms with Crippen LogP contribution in [0.25, 0.3) is 0 Å². The van der Waals surface area contributed by atoms with E-state index in [1.165, 1.54) is 17.1 Å². The molecule has 1 heterocycles. The highest BCUT2D eigenvalue weighted by atomic mass is 32.2. The summed E-state index contributed by atoms with van der Waals surface area (Å²) >= 11 is 0. The van der Waals surface area contributed by atoms with Crippen LogP contribution in [0.5, 0.6) is 0 Å². The van der Waals surface area contributed by atoms with Gasteiger partial charge in [0.15, 0.2) is 0 Å². The Labute approximate surface area is 122 Å². The molecule has 1 aromatic heterocycles. The largest absolute Gasteiger partial charge is 0.352 e. The van der Waals surface area contributed by atoms with Gasteiger partial charge in [-0.15, -0.1) is 0 Å². The third-order valence-electron chi connectivity index (χ3n) is 3.77. The fourth-order valence-corrected chi connectivity index (χ4v) is 3.42. The molecule has 0 unspecified atom stereocenters. The van der Waals surface area contributed by atoms with Crippen molar-refractivity contribution < 1.29 is 8.42 Å². The molecule has 0 atom stereocenters. The topological polar surface area (TPSA) is 54.3 Å². The first-order valence-electron chi connectivity index (χ1n) is 7.30. The molecule has 1 N–H and O–H groups in total. The van der Waals surface area contributed by atoms with Gasteiger partial charge < -0.3 is 9.88 Å². The van der Waals surface area contributed by atoms with Crippen molar-refractivity contribution in [2.45, 2.75) is 50.1 Å². The van der Waals surface area contributed by atoms with Gasteiger partial charge in [0.25, 0.3) is 0 Å². The van der Waals surface area contributed by atoms with Crippen LogP contribution in [0.2, 0.25) is 0 Å². The van der Waals surface area contributed by atoms with Crippen LogP contribution in [0.3, 0.4) is 0 Å². The Balaban J connectivity index is 2.08. The van der Waals surface area contributed by atoms with E-state index in [9.17, 15) is 8.42 Å². The average Bonchev–Trinajstić information content (AvgIpc) is 3.16. The van der Waals surface area contributed by atoms with E-state index in [1.54, 1.807) is 19.3 Å². The molecule has 5 nitrogen and oxygen atoms in total. The van der Waals surface area contributed by atoms with E-state index in [0.717, 1.165) is 25.1 Å². The van der Waals surface area contributed by atoms with Gasteiger partial charge in [-0.2, -0.15) is 0 Å². The standard InChI is InChI=1S/C14H25N3O2S/c1-4-5-8-17(3)20(18,19)14-9-13(16(2)11-14)10-15-12-6-7-12/h9,11-12,15H,4-8,10H2,1-3H3. The van der Waals surface area contributed by atoms with Crippen LogP contribution < -0.4 is 5.32 Å². The van der Waals surface area contributed by atoms with Crippen LogP contribution in [0.1, 0.15) is 38.3 Å². The maximum atomic E-state index is 12.4. The molecule has 20 heavy (non-hydrogen) atoms. The van der Waals surface area contributed by atoms with Gasteiger partial charge in [0.2, 0.25) is 10.0 Å². The van der Waals surface area contributed by atoms with Crippen molar-refractivity contribution in [3.63, 3.8) is 0 Å². The normalized spacial score (nSPS) is 16.0. The van der Waals surface area contributed by atoms with Crippen LogP contribution in [0.15, 0.2) is 17.2 Å². The predicted octanol–water partition coefficient (Wildman–Crippen LogP) is 1.70. The molecule has 1 saturated carbocycles. The number of hydrogen-bond acceptors (Lipinski definition) is 3. The summed E-state index contributed by atoms with van der Waals surface area (Å²) < 4.78 is 28.2. The van der Waals surface area contributed by atoms with Crippen LogP contribution in [0, 0.1) is 0 Å². The Kier molecular flexibility index (Phi) is 4.88. The predicted molar refractivity (Wildman–Crippen MR) is 80.0 cm³/mol. The number of unbranched alkanes of at least 4 members (excludes halogenated alkanes) is 1. The lowest BCUT2D eigenvalue weighted by molar-refractivity contribution is 0.459. The summed E-state index contributed by atoms with van der Waals surface area (Å²) in [6, 6.07) is 2.41. The van der Waals surface area contributed by atoms with Crippen molar-refractivity contribution >= 4 is 10.0 Å². The zero-order chi connectivity index (χ0) is 14.8. The molecule has 1 aromatic rings. The number of nitrogens with one attached hydrogen (secondary N) is 1. The van der Waals surface area contributed by atoms with Gasteiger partial charge in [0, 0.05) is 45.1 Å². The molecule has 114 valence electrons. The molecule has 0 spiro atoms. The average molecular weight is 299 g/mol. The van der Waals surface area contributed by atoms with E-state index in [0.29, 0.717) is 17.5 Å². The van der Waals surface area contributed by atoms with Gasteiger partial charge in [-0.3, -0.25) is 0 Å². The molecule has 6 heteroatoms. The monoisotopic (exact) mass is 299 g/mol. The number of sulfonamides is 1. The number of hydrogen-bond donors (Lipinski definition) is 1. The van der Waals surface area contributed by atoms with E-state index >= 15 is 0 Å². The first kappa shape index (κ1) is 15.5. The van der Waals surface area contributed by atoms with E-state index in [1.807, 2.05) is 11.6 Å². The van der Waals surface area contributed by atoms with Crippen molar-refractivity contribution in [2.24, 2.45) is 7.05 Å². The molecule has 2 rings (SSSR count). The Morgan fingerprint density at radius 1 is 1.45 bits per heavy atom. The maximum Gasteiger partial charge on any atom is 0.244 e. The van der Waals surface area contributed by atoms with Gasteiger partial charge in [-0.25, -0.2) is 12.7 Å². The minimum Gasteiger partial charge on any atom is -0.352 e. The SMILES string of the molecule is CCCCN(C)S(=O)(=O)c1cc(CNC2CC2)n(C)c1. The van der Waals surface area contributed by atoms with E-state index in [2.05, 4.69) is 12.2 Å². The van der Waals surface area contributed by atoms with Crippen molar-refractivity contribution in [3.8, 4) is 0 Å². The molecule has 0 amide bonds. The Morgan fingerprint density at radius 2 is 2.15 bits per heavy atom. The maximum absolute atomic E-state index is 12.4. The molecular formula is C14H25N3O2S. The number of nitrogens with zero attached hydrogens (tertiary/aromatic N) is 2. The molecular weight excluding hydrogens is 274 g/mol. The van der Waals surface area contributed by atoms with Gasteiger partial charge in [-0.1, -0.05) is 13.3 Å². The fraction of sp³-hybridized carbons (Fsp3) is 0.714. The Morgan fingerprint density at radius 3 is 2.75 bits per heavy atom. The van der Waals surface area contributed by atoms with Crippen molar-refractivity contribution in [1.82, 2.24) is 14.2 Å². The molecule has 1 fully saturated rings. The van der Waals surface area contributed by atoms with Crippen LogP contribution in [-0.2, 0) is 23.6 Å². The fourth-order valence-electron chi connectivity index (χ4n) is 2.11. The summed E-state index contributed by atoms with van der Waals surface area (Å²) in [5.41, 5.74) is 1.01. The number of aryl methyl sites for hydroxylation is 1. The smallest absolute Gasteiger partial charge is 0.244 e. The summed E-state index contributed by atoms with van der Waals surface area (Å²) in [7, 11) is 0.200. The molecule has 1 aliphatic rings. The zero-order valence-corrected chi connectivity index (χ0v) is 13.4. The van der Waals surface area contributed by atoms with Crippen LogP contribution in [0.4, 0.5) is 0 Å². The first-order chi connectivity index (χ1) is 9.45. The Bertz CT molecular complexity index is 547. The van der Waals surface area contributed by atoms with Crippen LogP contribution in [-0.4, -0.2) is 36.9 Å². The number of rotatable bonds is 8. The van der Waals surface area contributed by atoms with Crippen molar-refractivity contribution in [2.75, 3.05) is 13.6 Å². The van der Waals surface area contributed by atoms with Crippen LogP contribution >= 0.6 is 0 Å². The van der Waals surface area contributed by atoms with E-state index in [-0.39, 0.29) is 0 Å². The quantitative estimate of drug-likeness (QED) is 0.795. The summed E-state index contributed by atoms with van der Waals surface area (Å²) in [6.45, 7) is 3.36. The summed E-state index contributed by atoms with van der Waals surface area (Å²) in [4.78, 5) is 0.395. The Hall–Kier alpha value is -0.850. The van der Waals surface area contributed by atoms with E-state index in [4.69, 9.17) is 0 Å².